The summed E-state index contributed by atoms with van der Waals surface area (Å²) >= 11 is 1.54. The number of thioether (sulfide) groups is 1. The lowest BCUT2D eigenvalue weighted by atomic mass is 10.0. The molecule has 0 saturated carbocycles. The quantitative estimate of drug-likeness (QED) is 0.243. The monoisotopic (exact) mass is 582 g/mol. The van der Waals surface area contributed by atoms with Crippen LogP contribution < -0.4 is 5.73 Å². The maximum Gasteiger partial charge on any atom is 0.356 e. The second kappa shape index (κ2) is 12.8. The highest BCUT2D eigenvalue weighted by Gasteiger charge is 2.52. The van der Waals surface area contributed by atoms with Crippen LogP contribution in [0.3, 0.4) is 0 Å². The molecule has 2 heterocycles. The number of hydrogen-bond donors (Lipinski definition) is 2. The number of ether oxygens (including phenoxy) is 2. The predicted octanol–water partition coefficient (Wildman–Crippen LogP) is 3.70. The van der Waals surface area contributed by atoms with Gasteiger partial charge in [0.05, 0.1) is 11.5 Å². The van der Waals surface area contributed by atoms with Gasteiger partial charge in [0.2, 0.25) is 5.91 Å². The summed E-state index contributed by atoms with van der Waals surface area (Å²) in [5.41, 5.74) is 9.59. The van der Waals surface area contributed by atoms with Gasteiger partial charge in [0.1, 0.15) is 17.1 Å². The van der Waals surface area contributed by atoms with E-state index in [9.17, 15) is 18.0 Å². The molecule has 3 N–H and O–H groups in total. The van der Waals surface area contributed by atoms with Crippen LogP contribution in [0.2, 0.25) is 0 Å². The predicted molar refractivity (Wildman–Crippen MR) is 152 cm³/mol. The molecule has 0 spiro atoms. The Morgan fingerprint density at radius 3 is 2.08 bits per heavy atom. The van der Waals surface area contributed by atoms with Crippen molar-refractivity contribution in [2.45, 2.75) is 29.3 Å². The first-order valence-electron chi connectivity index (χ1n) is 12.4. The second-order valence-corrected chi connectivity index (χ2v) is 11.7. The van der Waals surface area contributed by atoms with Gasteiger partial charge in [-0.25, -0.2) is 4.79 Å². The van der Waals surface area contributed by atoms with E-state index in [0.29, 0.717) is 5.75 Å². The average Bonchev–Trinajstić information content (AvgIpc) is 2.96. The topological polar surface area (TPSA) is 136 Å². The Kier molecular flexibility index (Phi) is 9.44. The maximum atomic E-state index is 13.3. The number of β-lactam (4-membered cyclic amide) rings is 1. The molecule has 9 nitrogen and oxygen atoms in total. The first kappa shape index (κ1) is 29.5. The van der Waals surface area contributed by atoms with Crippen LogP contribution >= 0.6 is 11.8 Å². The van der Waals surface area contributed by atoms with Crippen molar-refractivity contribution in [1.29, 1.82) is 0 Å². The molecule has 11 heteroatoms. The summed E-state index contributed by atoms with van der Waals surface area (Å²) in [7, 11) is -2.46. The number of fused-ring (bicyclic) bond motifs is 1. The van der Waals surface area contributed by atoms with E-state index >= 15 is 0 Å². The lowest BCUT2D eigenvalue weighted by Gasteiger charge is -2.48. The lowest BCUT2D eigenvalue weighted by Crippen LogP contribution is -2.68. The molecule has 1 unspecified atom stereocenters. The molecule has 2 atom stereocenters. The van der Waals surface area contributed by atoms with Crippen LogP contribution in [0.1, 0.15) is 22.8 Å². The fourth-order valence-corrected chi connectivity index (χ4v) is 6.07. The van der Waals surface area contributed by atoms with E-state index in [1.54, 1.807) is 31.0 Å². The number of methoxy groups -OCH3 is 1. The third kappa shape index (κ3) is 6.62. The molecular weight excluding hydrogens is 552 g/mol. The normalized spacial score (nSPS) is 18.4. The van der Waals surface area contributed by atoms with Gasteiger partial charge in [0, 0.05) is 12.9 Å². The van der Waals surface area contributed by atoms with E-state index in [1.165, 1.54) is 17.0 Å². The largest absolute Gasteiger partial charge is 0.448 e. The molecule has 0 aliphatic carbocycles. The highest BCUT2D eigenvalue weighted by atomic mass is 32.2. The van der Waals surface area contributed by atoms with Crippen molar-refractivity contribution in [2.24, 2.45) is 5.73 Å². The number of aryl methyl sites for hydroxylation is 1. The minimum Gasteiger partial charge on any atom is -0.448 e. The Bertz CT molecular complexity index is 1440. The van der Waals surface area contributed by atoms with E-state index in [2.05, 4.69) is 0 Å². The molecule has 1 fully saturated rings. The van der Waals surface area contributed by atoms with Crippen molar-refractivity contribution in [3.8, 4) is 0 Å². The van der Waals surface area contributed by atoms with Crippen molar-refractivity contribution in [2.75, 3.05) is 19.5 Å². The molecule has 0 aromatic heterocycles. The van der Waals surface area contributed by atoms with E-state index in [0.717, 1.165) is 22.3 Å². The lowest BCUT2D eigenvalue weighted by molar-refractivity contribution is -0.153. The van der Waals surface area contributed by atoms with Crippen molar-refractivity contribution in [3.05, 3.63) is 113 Å². The van der Waals surface area contributed by atoms with Crippen molar-refractivity contribution < 1.29 is 32.0 Å². The zero-order valence-corrected chi connectivity index (χ0v) is 23.6. The van der Waals surface area contributed by atoms with Gasteiger partial charge in [-0.1, -0.05) is 78.4 Å². The highest BCUT2D eigenvalue weighted by Crippen LogP contribution is 2.40. The summed E-state index contributed by atoms with van der Waals surface area (Å²) in [4.78, 5) is 27.1. The number of rotatable bonds is 7. The van der Waals surface area contributed by atoms with Crippen LogP contribution in [0, 0.1) is 6.92 Å². The van der Waals surface area contributed by atoms with Gasteiger partial charge in [-0.3, -0.25) is 14.2 Å². The number of amides is 1. The van der Waals surface area contributed by atoms with Gasteiger partial charge in [-0.05, 0) is 35.8 Å². The number of benzene rings is 3. The second-order valence-electron chi connectivity index (χ2n) is 9.22. The molecule has 2 aliphatic heterocycles. The van der Waals surface area contributed by atoms with Crippen molar-refractivity contribution >= 4 is 33.8 Å². The van der Waals surface area contributed by atoms with Crippen LogP contribution in [0.4, 0.5) is 0 Å². The minimum atomic E-state index is -4.02. The molecule has 2 aliphatic rings. The minimum absolute atomic E-state index is 0.0666. The van der Waals surface area contributed by atoms with Gasteiger partial charge in [-0.2, -0.15) is 8.42 Å². The Morgan fingerprint density at radius 2 is 1.57 bits per heavy atom. The maximum absolute atomic E-state index is 13.3. The van der Waals surface area contributed by atoms with Crippen LogP contribution in [0.5, 0.6) is 0 Å². The zero-order valence-electron chi connectivity index (χ0n) is 22.0. The number of esters is 1. The number of nitrogens with two attached hydrogens (primary N) is 1. The molecule has 3 aromatic carbocycles. The summed E-state index contributed by atoms with van der Waals surface area (Å²) in [6.45, 7) is 2.10. The molecule has 1 saturated heterocycles. The summed E-state index contributed by atoms with van der Waals surface area (Å²) in [5.74, 6) is -0.235. The average molecular weight is 583 g/mol. The van der Waals surface area contributed by atoms with E-state index in [-0.39, 0.29) is 28.5 Å². The fraction of sp³-hybridized carbons (Fsp3) is 0.241. The molecule has 0 radical (unpaired) electrons. The van der Waals surface area contributed by atoms with Crippen LogP contribution in [-0.2, 0) is 29.2 Å². The summed E-state index contributed by atoms with van der Waals surface area (Å²) in [6, 6.07) is 24.5. The summed E-state index contributed by atoms with van der Waals surface area (Å²) in [5, 5.41) is -0.238. The Morgan fingerprint density at radius 1 is 1.02 bits per heavy atom. The van der Waals surface area contributed by atoms with Crippen LogP contribution in [0.25, 0.3) is 0 Å². The SMILES string of the molecule is COCC1=C(C(=O)OC(c2ccccc2)c2ccccc2)N2C(=O)C(N)[C@@H]2SC1.Cc1ccc(S(=O)(=O)O)cc1. The molecule has 40 heavy (non-hydrogen) atoms. The van der Waals surface area contributed by atoms with E-state index in [4.69, 9.17) is 19.8 Å². The van der Waals surface area contributed by atoms with Gasteiger partial charge in [0.15, 0.2) is 6.10 Å². The van der Waals surface area contributed by atoms with Crippen LogP contribution in [-0.4, -0.2) is 60.6 Å². The Labute approximate surface area is 237 Å². The Hall–Kier alpha value is -3.48. The van der Waals surface area contributed by atoms with E-state index in [1.807, 2.05) is 67.6 Å². The molecule has 3 aromatic rings. The van der Waals surface area contributed by atoms with Crippen molar-refractivity contribution in [3.63, 3.8) is 0 Å². The third-order valence-corrected chi connectivity index (χ3v) is 8.58. The fourth-order valence-electron chi connectivity index (χ4n) is 4.31. The van der Waals surface area contributed by atoms with Gasteiger partial charge >= 0.3 is 5.97 Å². The molecule has 210 valence electrons. The standard InChI is InChI=1S/C22H22N2O4S.C7H8O3S/c1-27-12-16-13-29-21-17(23)20(25)24(21)18(16)22(26)28-19(14-8-4-2-5-9-14)15-10-6-3-7-11-15;1-6-2-4-7(5-3-6)11(8,9)10/h2-11,17,19,21H,12-13,23H2,1H3;2-5H,1H3,(H,8,9,10)/t17?,21-;/m0./s1. The number of hydrogen-bond acceptors (Lipinski definition) is 8. The molecule has 5 rings (SSSR count). The summed E-state index contributed by atoms with van der Waals surface area (Å²) < 4.78 is 40.8. The molecular formula is C29H30N2O7S2. The van der Waals surface area contributed by atoms with Crippen molar-refractivity contribution in [1.82, 2.24) is 4.90 Å². The van der Waals surface area contributed by atoms with Gasteiger partial charge in [-0.15, -0.1) is 11.8 Å². The summed E-state index contributed by atoms with van der Waals surface area (Å²) in [6.07, 6.45) is -0.584. The smallest absolute Gasteiger partial charge is 0.356 e. The zero-order chi connectivity index (χ0) is 28.9. The first-order valence-corrected chi connectivity index (χ1v) is 14.9. The number of carbonyl (C=O) groups is 2. The third-order valence-electron chi connectivity index (χ3n) is 6.35. The Balaban J connectivity index is 0.000000283. The highest BCUT2D eigenvalue weighted by molar-refractivity contribution is 8.00. The van der Waals surface area contributed by atoms with E-state index < -0.39 is 28.2 Å². The molecule has 1 amide bonds. The van der Waals surface area contributed by atoms with Gasteiger partial charge in [0.25, 0.3) is 10.1 Å². The van der Waals surface area contributed by atoms with Crippen LogP contribution in [0.15, 0.2) is 101 Å². The van der Waals surface area contributed by atoms with Gasteiger partial charge < -0.3 is 15.2 Å². The molecule has 0 bridgehead atoms. The first-order chi connectivity index (χ1) is 19.1. The number of nitrogens with zero attached hydrogens (tertiary/aromatic N) is 1. The number of carbonyl (C=O) groups excluding carboxylic acids is 2.